The summed E-state index contributed by atoms with van der Waals surface area (Å²) in [5, 5.41) is 0. The van der Waals surface area contributed by atoms with Gasteiger partial charge in [-0.05, 0) is 20.3 Å². The Morgan fingerprint density at radius 2 is 2.33 bits per heavy atom. The lowest BCUT2D eigenvalue weighted by Crippen LogP contribution is -2.25. The molecule has 1 atom stereocenters. The molecule has 0 N–H and O–H groups in total. The molecule has 0 heterocycles. The van der Waals surface area contributed by atoms with E-state index in [1.165, 1.54) is 5.57 Å². The predicted octanol–water partition coefficient (Wildman–Crippen LogP) is 2.88. The highest BCUT2D eigenvalue weighted by Crippen LogP contribution is 2.31. The van der Waals surface area contributed by atoms with E-state index in [0.717, 1.165) is 6.42 Å². The molecule has 1 heteroatoms. The van der Waals surface area contributed by atoms with Crippen molar-refractivity contribution in [2.24, 2.45) is 5.41 Å². The van der Waals surface area contributed by atoms with E-state index in [4.69, 9.17) is 0 Å². The van der Waals surface area contributed by atoms with Gasteiger partial charge in [-0.2, -0.15) is 0 Å². The van der Waals surface area contributed by atoms with Crippen molar-refractivity contribution >= 4 is 5.78 Å². The second-order valence-electron chi connectivity index (χ2n) is 3.68. The number of carbonyl (C=O) groups is 1. The maximum Gasteiger partial charge on any atom is 0.142 e. The van der Waals surface area contributed by atoms with Crippen molar-refractivity contribution in [3.63, 3.8) is 0 Å². The van der Waals surface area contributed by atoms with Crippen LogP contribution in [-0.2, 0) is 4.79 Å². The molecule has 1 aliphatic carbocycles. The van der Waals surface area contributed by atoms with Gasteiger partial charge in [0.15, 0.2) is 0 Å². The molecule has 0 aromatic carbocycles. The minimum absolute atomic E-state index is 0.228. The topological polar surface area (TPSA) is 17.1 Å². The summed E-state index contributed by atoms with van der Waals surface area (Å²) in [6.07, 6.45) is 7.70. The molecule has 66 valence electrons. The van der Waals surface area contributed by atoms with Crippen LogP contribution in [0.4, 0.5) is 0 Å². The lowest BCUT2D eigenvalue weighted by Gasteiger charge is -2.25. The quantitative estimate of drug-likeness (QED) is 0.613. The van der Waals surface area contributed by atoms with E-state index in [2.05, 4.69) is 13.0 Å². The van der Waals surface area contributed by atoms with E-state index in [1.54, 1.807) is 0 Å². The molecule has 0 fully saturated rings. The summed E-state index contributed by atoms with van der Waals surface area (Å²) in [6.45, 7) is 6.00. The Labute approximate surface area is 74.2 Å². The number of hydrogen-bond donors (Lipinski definition) is 0. The van der Waals surface area contributed by atoms with Crippen LogP contribution >= 0.6 is 0 Å². The van der Waals surface area contributed by atoms with Crippen LogP contribution in [0.3, 0.4) is 0 Å². The van der Waals surface area contributed by atoms with Gasteiger partial charge in [0.1, 0.15) is 5.78 Å². The van der Waals surface area contributed by atoms with E-state index in [9.17, 15) is 4.79 Å². The van der Waals surface area contributed by atoms with Gasteiger partial charge in [-0.15, -0.1) is 0 Å². The number of carbonyl (C=O) groups excluding carboxylic acids is 1. The Hall–Kier alpha value is -0.850. The molecular weight excluding hydrogens is 148 g/mol. The second kappa shape index (κ2) is 3.26. The highest BCUT2D eigenvalue weighted by atomic mass is 16.1. The largest absolute Gasteiger partial charge is 0.299 e. The minimum atomic E-state index is -0.228. The van der Waals surface area contributed by atoms with Gasteiger partial charge in [0.05, 0.1) is 0 Å². The molecule has 1 rings (SSSR count). The predicted molar refractivity (Wildman–Crippen MR) is 50.9 cm³/mol. The summed E-state index contributed by atoms with van der Waals surface area (Å²) < 4.78 is 0. The number of hydrogen-bond acceptors (Lipinski definition) is 1. The Morgan fingerprint density at radius 3 is 2.75 bits per heavy atom. The SMILES string of the molecule is CCC(=O)C1(C)C=CC(C)=CC1. The first kappa shape index (κ1) is 9.24. The van der Waals surface area contributed by atoms with E-state index in [1.807, 2.05) is 26.0 Å². The molecule has 0 radical (unpaired) electrons. The van der Waals surface area contributed by atoms with Gasteiger partial charge < -0.3 is 0 Å². The van der Waals surface area contributed by atoms with Crippen LogP contribution in [0.25, 0.3) is 0 Å². The van der Waals surface area contributed by atoms with Crippen molar-refractivity contribution in [2.75, 3.05) is 0 Å². The van der Waals surface area contributed by atoms with Crippen molar-refractivity contribution in [2.45, 2.75) is 33.6 Å². The molecule has 0 bridgehead atoms. The molecule has 0 amide bonds. The average Bonchev–Trinajstić information content (AvgIpc) is 2.09. The van der Waals surface area contributed by atoms with Gasteiger partial charge in [-0.25, -0.2) is 0 Å². The standard InChI is InChI=1S/C11H16O/c1-4-10(12)11(3)7-5-9(2)6-8-11/h5-7H,4,8H2,1-3H3. The maximum atomic E-state index is 11.5. The van der Waals surface area contributed by atoms with Crippen LogP contribution in [0, 0.1) is 5.41 Å². The molecule has 0 saturated heterocycles. The lowest BCUT2D eigenvalue weighted by atomic mass is 9.78. The first-order chi connectivity index (χ1) is 5.58. The average molecular weight is 164 g/mol. The molecule has 0 aliphatic heterocycles. The van der Waals surface area contributed by atoms with Crippen molar-refractivity contribution < 1.29 is 4.79 Å². The zero-order valence-electron chi connectivity index (χ0n) is 8.05. The highest BCUT2D eigenvalue weighted by Gasteiger charge is 2.28. The summed E-state index contributed by atoms with van der Waals surface area (Å²) in [6, 6.07) is 0. The molecule has 0 saturated carbocycles. The van der Waals surface area contributed by atoms with Crippen molar-refractivity contribution in [1.82, 2.24) is 0 Å². The Bertz CT molecular complexity index is 248. The fraction of sp³-hybridized carbons (Fsp3) is 0.545. The van der Waals surface area contributed by atoms with Crippen molar-refractivity contribution in [3.8, 4) is 0 Å². The van der Waals surface area contributed by atoms with Gasteiger partial charge >= 0.3 is 0 Å². The molecule has 0 spiro atoms. The van der Waals surface area contributed by atoms with Crippen molar-refractivity contribution in [1.29, 1.82) is 0 Å². The van der Waals surface area contributed by atoms with Gasteiger partial charge in [0.25, 0.3) is 0 Å². The summed E-state index contributed by atoms with van der Waals surface area (Å²) in [5.41, 5.74) is 1.03. The Kier molecular flexibility index (Phi) is 2.51. The zero-order chi connectivity index (χ0) is 9.19. The van der Waals surface area contributed by atoms with Crippen LogP contribution in [0.15, 0.2) is 23.8 Å². The second-order valence-corrected chi connectivity index (χ2v) is 3.68. The zero-order valence-corrected chi connectivity index (χ0v) is 8.05. The molecule has 0 aromatic rings. The monoisotopic (exact) mass is 164 g/mol. The summed E-state index contributed by atoms with van der Waals surface area (Å²) in [4.78, 5) is 11.5. The molecule has 1 nitrogen and oxygen atoms in total. The third-order valence-electron chi connectivity index (χ3n) is 2.52. The Balaban J connectivity index is 2.78. The minimum Gasteiger partial charge on any atom is -0.299 e. The number of Topliss-reactive ketones (excluding diaryl/α,β-unsaturated/α-hetero) is 1. The summed E-state index contributed by atoms with van der Waals surface area (Å²) in [7, 11) is 0. The fourth-order valence-corrected chi connectivity index (χ4v) is 1.44. The Morgan fingerprint density at radius 1 is 1.67 bits per heavy atom. The summed E-state index contributed by atoms with van der Waals surface area (Å²) >= 11 is 0. The van der Waals surface area contributed by atoms with Gasteiger partial charge in [0, 0.05) is 11.8 Å². The molecular formula is C11H16O. The molecule has 12 heavy (non-hydrogen) atoms. The third kappa shape index (κ3) is 1.66. The van der Waals surface area contributed by atoms with E-state index >= 15 is 0 Å². The van der Waals surface area contributed by atoms with Crippen LogP contribution in [0.2, 0.25) is 0 Å². The lowest BCUT2D eigenvalue weighted by molar-refractivity contribution is -0.125. The van der Waals surface area contributed by atoms with Crippen molar-refractivity contribution in [3.05, 3.63) is 23.8 Å². The van der Waals surface area contributed by atoms with Crippen LogP contribution in [-0.4, -0.2) is 5.78 Å². The highest BCUT2D eigenvalue weighted by molar-refractivity contribution is 5.86. The molecule has 1 unspecified atom stereocenters. The van der Waals surface area contributed by atoms with Crippen LogP contribution in [0.1, 0.15) is 33.6 Å². The fourth-order valence-electron chi connectivity index (χ4n) is 1.44. The maximum absolute atomic E-state index is 11.5. The third-order valence-corrected chi connectivity index (χ3v) is 2.52. The van der Waals surface area contributed by atoms with E-state index in [-0.39, 0.29) is 5.41 Å². The van der Waals surface area contributed by atoms with Crippen LogP contribution in [0.5, 0.6) is 0 Å². The van der Waals surface area contributed by atoms with Gasteiger partial charge in [-0.3, -0.25) is 4.79 Å². The van der Waals surface area contributed by atoms with Gasteiger partial charge in [0.2, 0.25) is 0 Å². The normalized spacial score (nSPS) is 28.4. The van der Waals surface area contributed by atoms with Gasteiger partial charge in [-0.1, -0.05) is 30.7 Å². The number of allylic oxidation sites excluding steroid dienone is 4. The first-order valence-corrected chi connectivity index (χ1v) is 4.48. The summed E-state index contributed by atoms with van der Waals surface area (Å²) in [5.74, 6) is 0.336. The molecule has 0 aromatic heterocycles. The molecule has 1 aliphatic rings. The van der Waals surface area contributed by atoms with E-state index in [0.29, 0.717) is 12.2 Å². The number of ketones is 1. The van der Waals surface area contributed by atoms with Crippen LogP contribution < -0.4 is 0 Å². The smallest absolute Gasteiger partial charge is 0.142 e. The number of rotatable bonds is 2. The first-order valence-electron chi connectivity index (χ1n) is 4.48. The van der Waals surface area contributed by atoms with E-state index < -0.39 is 0 Å².